The van der Waals surface area contributed by atoms with Crippen LogP contribution in [0.25, 0.3) is 22.4 Å². The summed E-state index contributed by atoms with van der Waals surface area (Å²) in [6.07, 6.45) is 3.40. The van der Waals surface area contributed by atoms with Crippen molar-refractivity contribution >= 4 is 34.4 Å². The lowest BCUT2D eigenvalue weighted by Gasteiger charge is -2.36. The second-order valence-electron chi connectivity index (χ2n) is 8.32. The molecule has 0 unspecified atom stereocenters. The number of piperazine rings is 1. The molecule has 0 amide bonds. The first kappa shape index (κ1) is 21.4. The van der Waals surface area contributed by atoms with Crippen LogP contribution in [0.5, 0.6) is 0 Å². The summed E-state index contributed by atoms with van der Waals surface area (Å²) in [5, 5.41) is 5.57. The summed E-state index contributed by atoms with van der Waals surface area (Å²) < 4.78 is 3.38. The fourth-order valence-corrected chi connectivity index (χ4v) is 4.55. The molecule has 8 nitrogen and oxygen atoms in total. The molecule has 4 heterocycles. The molecule has 1 aliphatic heterocycles. The number of rotatable bonds is 4. The van der Waals surface area contributed by atoms with Crippen molar-refractivity contribution in [2.24, 2.45) is 0 Å². The average Bonchev–Trinajstić information content (AvgIpc) is 3.35. The average molecular weight is 484 g/mol. The van der Waals surface area contributed by atoms with E-state index in [1.54, 1.807) is 33.8 Å². The predicted octanol–water partition coefficient (Wildman–Crippen LogP) is 3.95. The number of hydrogen-bond donors (Lipinski definition) is 0. The van der Waals surface area contributed by atoms with Gasteiger partial charge in [-0.05, 0) is 48.5 Å². The van der Waals surface area contributed by atoms with Crippen LogP contribution in [0.1, 0.15) is 0 Å². The molecule has 9 heteroatoms. The smallest absolute Gasteiger partial charge is 0.270 e. The van der Waals surface area contributed by atoms with Crippen molar-refractivity contribution in [3.8, 4) is 11.4 Å². The zero-order valence-corrected chi connectivity index (χ0v) is 19.6. The van der Waals surface area contributed by atoms with Gasteiger partial charge in [-0.2, -0.15) is 10.1 Å². The zero-order valence-electron chi connectivity index (χ0n) is 18.8. The van der Waals surface area contributed by atoms with Crippen LogP contribution in [0, 0.1) is 0 Å². The van der Waals surface area contributed by atoms with Gasteiger partial charge < -0.3 is 9.80 Å². The highest BCUT2D eigenvalue weighted by Gasteiger charge is 2.25. The molecule has 0 radical (unpaired) electrons. The molecule has 0 N–H and O–H groups in total. The van der Waals surface area contributed by atoms with Crippen LogP contribution in [-0.4, -0.2) is 50.5 Å². The number of para-hydroxylation sites is 1. The number of benzene rings is 2. The van der Waals surface area contributed by atoms with Gasteiger partial charge in [0.2, 0.25) is 5.95 Å². The molecule has 0 saturated carbocycles. The van der Waals surface area contributed by atoms with Gasteiger partial charge in [-0.1, -0.05) is 35.9 Å². The van der Waals surface area contributed by atoms with Crippen LogP contribution in [0.15, 0.2) is 90.0 Å². The molecule has 0 bridgehead atoms. The molecule has 0 atom stereocenters. The van der Waals surface area contributed by atoms with Crippen LogP contribution >= 0.6 is 11.6 Å². The number of aromatic nitrogens is 5. The molecular weight excluding hydrogens is 462 g/mol. The quantitative estimate of drug-likeness (QED) is 0.385. The lowest BCUT2D eigenvalue weighted by Crippen LogP contribution is -2.48. The van der Waals surface area contributed by atoms with E-state index in [1.807, 2.05) is 60.7 Å². The summed E-state index contributed by atoms with van der Waals surface area (Å²) in [7, 11) is 0. The van der Waals surface area contributed by atoms with E-state index in [-0.39, 0.29) is 5.56 Å². The summed E-state index contributed by atoms with van der Waals surface area (Å²) in [4.78, 5) is 27.7. The maximum Gasteiger partial charge on any atom is 0.270 e. The third-order valence-electron chi connectivity index (χ3n) is 6.20. The molecular formula is C26H22ClN7O. The molecule has 1 saturated heterocycles. The molecule has 2 aromatic carbocycles. The van der Waals surface area contributed by atoms with Crippen molar-refractivity contribution in [3.05, 3.63) is 101 Å². The van der Waals surface area contributed by atoms with Gasteiger partial charge >= 0.3 is 0 Å². The highest BCUT2D eigenvalue weighted by molar-refractivity contribution is 6.30. The van der Waals surface area contributed by atoms with Crippen LogP contribution in [0.2, 0.25) is 5.02 Å². The van der Waals surface area contributed by atoms with Crippen molar-refractivity contribution in [2.45, 2.75) is 0 Å². The molecule has 5 aromatic rings. The van der Waals surface area contributed by atoms with Gasteiger partial charge in [-0.15, -0.1) is 0 Å². The lowest BCUT2D eigenvalue weighted by molar-refractivity contribution is 0.626. The van der Waals surface area contributed by atoms with E-state index in [2.05, 4.69) is 19.9 Å². The van der Waals surface area contributed by atoms with E-state index in [9.17, 15) is 4.79 Å². The summed E-state index contributed by atoms with van der Waals surface area (Å²) in [6, 6.07) is 22.9. The van der Waals surface area contributed by atoms with Crippen LogP contribution in [-0.2, 0) is 0 Å². The third kappa shape index (κ3) is 3.91. The van der Waals surface area contributed by atoms with E-state index in [1.165, 1.54) is 0 Å². The molecule has 6 rings (SSSR count). The van der Waals surface area contributed by atoms with E-state index in [4.69, 9.17) is 16.6 Å². The minimum Gasteiger partial charge on any atom is -0.353 e. The number of fused-ring (bicyclic) bond motifs is 1. The molecule has 35 heavy (non-hydrogen) atoms. The van der Waals surface area contributed by atoms with Gasteiger partial charge in [-0.3, -0.25) is 4.79 Å². The summed E-state index contributed by atoms with van der Waals surface area (Å²) in [5.74, 6) is 1.54. The molecule has 0 aliphatic carbocycles. The standard InChI is InChI=1S/C26H22ClN7O/c27-19-9-11-20(12-10-19)33-25(35)22-18-29-34(21-6-2-1-3-7-21)24(22)30-26(33)32-16-14-31(15-17-32)23-8-4-5-13-28-23/h1-13,18H,14-17H2. The van der Waals surface area contributed by atoms with Gasteiger partial charge in [0, 0.05) is 37.4 Å². The van der Waals surface area contributed by atoms with E-state index >= 15 is 0 Å². The molecule has 3 aromatic heterocycles. The van der Waals surface area contributed by atoms with E-state index in [0.717, 1.165) is 24.6 Å². The fourth-order valence-electron chi connectivity index (χ4n) is 4.43. The molecule has 174 valence electrons. The number of hydrogen-bond acceptors (Lipinski definition) is 6. The fraction of sp³-hybridized carbons (Fsp3) is 0.154. The van der Waals surface area contributed by atoms with Crippen molar-refractivity contribution in [2.75, 3.05) is 36.0 Å². The number of anilines is 2. The van der Waals surface area contributed by atoms with Gasteiger partial charge in [-0.25, -0.2) is 14.2 Å². The van der Waals surface area contributed by atoms with Crippen molar-refractivity contribution in [3.63, 3.8) is 0 Å². The Balaban J connectivity index is 1.46. The minimum atomic E-state index is -0.165. The summed E-state index contributed by atoms with van der Waals surface area (Å²) in [5.41, 5.74) is 1.93. The maximum absolute atomic E-state index is 13.8. The largest absolute Gasteiger partial charge is 0.353 e. The zero-order chi connectivity index (χ0) is 23.8. The van der Waals surface area contributed by atoms with Gasteiger partial charge in [0.25, 0.3) is 5.56 Å². The Morgan fingerprint density at radius 3 is 2.20 bits per heavy atom. The summed E-state index contributed by atoms with van der Waals surface area (Å²) in [6.45, 7) is 2.93. The Kier molecular flexibility index (Phi) is 5.42. The van der Waals surface area contributed by atoms with Gasteiger partial charge in [0.05, 0.1) is 17.6 Å². The maximum atomic E-state index is 13.8. The molecule has 1 aliphatic rings. The Labute approximate surface area is 206 Å². The highest BCUT2D eigenvalue weighted by Crippen LogP contribution is 2.24. The Morgan fingerprint density at radius 1 is 0.771 bits per heavy atom. The third-order valence-corrected chi connectivity index (χ3v) is 6.46. The molecule has 0 spiro atoms. The molecule has 1 fully saturated rings. The number of nitrogens with zero attached hydrogens (tertiary/aromatic N) is 7. The second-order valence-corrected chi connectivity index (χ2v) is 8.76. The van der Waals surface area contributed by atoms with E-state index < -0.39 is 0 Å². The van der Waals surface area contributed by atoms with Gasteiger partial charge in [0.1, 0.15) is 11.2 Å². The first-order valence-corrected chi connectivity index (χ1v) is 11.8. The highest BCUT2D eigenvalue weighted by atomic mass is 35.5. The Hall–Kier alpha value is -4.17. The van der Waals surface area contributed by atoms with Crippen LogP contribution in [0.4, 0.5) is 11.8 Å². The normalized spacial score (nSPS) is 14.0. The SMILES string of the molecule is O=c1c2cnn(-c3ccccc3)c2nc(N2CCN(c3ccccn3)CC2)n1-c1ccc(Cl)cc1. The van der Waals surface area contributed by atoms with E-state index in [0.29, 0.717) is 40.8 Å². The van der Waals surface area contributed by atoms with Crippen LogP contribution < -0.4 is 15.4 Å². The Bertz CT molecular complexity index is 1520. The van der Waals surface area contributed by atoms with Gasteiger partial charge in [0.15, 0.2) is 5.65 Å². The monoisotopic (exact) mass is 483 g/mol. The van der Waals surface area contributed by atoms with Crippen LogP contribution in [0.3, 0.4) is 0 Å². The Morgan fingerprint density at radius 2 is 1.49 bits per heavy atom. The van der Waals surface area contributed by atoms with Crippen molar-refractivity contribution in [1.82, 2.24) is 24.3 Å². The number of halogens is 1. The van der Waals surface area contributed by atoms with Crippen molar-refractivity contribution in [1.29, 1.82) is 0 Å². The summed E-state index contributed by atoms with van der Waals surface area (Å²) >= 11 is 6.13. The lowest BCUT2D eigenvalue weighted by atomic mass is 10.2. The second kappa shape index (κ2) is 8.88. The predicted molar refractivity (Wildman–Crippen MR) is 138 cm³/mol. The topological polar surface area (TPSA) is 72.1 Å². The minimum absolute atomic E-state index is 0.165. The first-order chi connectivity index (χ1) is 17.2. The first-order valence-electron chi connectivity index (χ1n) is 11.4. The van der Waals surface area contributed by atoms with Crippen molar-refractivity contribution < 1.29 is 0 Å². The number of pyridine rings is 1.